The van der Waals surface area contributed by atoms with Crippen LogP contribution in [0.3, 0.4) is 0 Å². The summed E-state index contributed by atoms with van der Waals surface area (Å²) in [4.78, 5) is 20.0. The molecule has 1 rings (SSSR count). The van der Waals surface area contributed by atoms with E-state index in [0.29, 0.717) is 5.75 Å². The molecule has 1 aromatic rings. The molecule has 0 saturated carbocycles. The first-order valence-electron chi connectivity index (χ1n) is 4.39. The summed E-state index contributed by atoms with van der Waals surface area (Å²) in [6.45, 7) is 0.174. The summed E-state index contributed by atoms with van der Waals surface area (Å²) in [5.74, 6) is 0.457. The van der Waals surface area contributed by atoms with E-state index in [1.807, 2.05) is 0 Å². The quantitative estimate of drug-likeness (QED) is 0.459. The zero-order valence-corrected chi connectivity index (χ0v) is 8.29. The van der Waals surface area contributed by atoms with Crippen molar-refractivity contribution in [3.05, 3.63) is 34.4 Å². The number of non-ortho nitro benzene ring substituents is 1. The van der Waals surface area contributed by atoms with Gasteiger partial charge in [0.25, 0.3) is 5.69 Å². The topological polar surface area (TPSA) is 105 Å². The number of rotatable bonds is 5. The van der Waals surface area contributed by atoms with Gasteiger partial charge in [-0.2, -0.15) is 0 Å². The molecule has 0 atom stereocenters. The van der Waals surface area contributed by atoms with Crippen LogP contribution < -0.4 is 10.5 Å². The molecule has 1 aromatic carbocycles. The third kappa shape index (κ3) is 3.82. The molecular formula is C9H10N2O5. The molecule has 0 aliphatic rings. The number of hydrogen-bond donors (Lipinski definition) is 1. The normalized spacial score (nSPS) is 9.50. The van der Waals surface area contributed by atoms with Crippen LogP contribution in [0.15, 0.2) is 24.3 Å². The van der Waals surface area contributed by atoms with Crippen LogP contribution in [-0.4, -0.2) is 24.2 Å². The van der Waals surface area contributed by atoms with Gasteiger partial charge in [-0.25, -0.2) is 4.79 Å². The maximum Gasteiger partial charge on any atom is 0.404 e. The molecular weight excluding hydrogens is 216 g/mol. The van der Waals surface area contributed by atoms with E-state index in [1.165, 1.54) is 24.3 Å². The van der Waals surface area contributed by atoms with Crippen LogP contribution in [0.1, 0.15) is 0 Å². The van der Waals surface area contributed by atoms with Crippen molar-refractivity contribution in [3.8, 4) is 5.75 Å². The molecule has 0 aromatic heterocycles. The summed E-state index contributed by atoms with van der Waals surface area (Å²) in [7, 11) is 0. The molecule has 1 amide bonds. The fraction of sp³-hybridized carbons (Fsp3) is 0.222. The lowest BCUT2D eigenvalue weighted by Gasteiger charge is -2.05. The van der Waals surface area contributed by atoms with Gasteiger partial charge in [0.1, 0.15) is 19.0 Å². The van der Waals surface area contributed by atoms with Gasteiger partial charge in [0.05, 0.1) is 4.92 Å². The molecule has 0 fully saturated rings. The van der Waals surface area contributed by atoms with Gasteiger partial charge in [0.2, 0.25) is 0 Å². The Morgan fingerprint density at radius 3 is 2.44 bits per heavy atom. The Morgan fingerprint density at radius 1 is 1.31 bits per heavy atom. The second-order valence-electron chi connectivity index (χ2n) is 2.77. The highest BCUT2D eigenvalue weighted by Crippen LogP contribution is 2.16. The largest absolute Gasteiger partial charge is 0.490 e. The maximum atomic E-state index is 10.3. The number of amides is 1. The second kappa shape index (κ2) is 5.54. The number of carbonyl (C=O) groups excluding carboxylic acids is 1. The molecule has 0 saturated heterocycles. The number of primary amides is 1. The van der Waals surface area contributed by atoms with Gasteiger partial charge in [0.15, 0.2) is 0 Å². The van der Waals surface area contributed by atoms with Crippen molar-refractivity contribution in [2.75, 3.05) is 13.2 Å². The number of ether oxygens (including phenoxy) is 2. The number of nitrogens with zero attached hydrogens (tertiary/aromatic N) is 1. The molecule has 0 unspecified atom stereocenters. The standard InChI is InChI=1S/C9H10N2O5/c10-9(12)16-6-5-15-8-3-1-7(2-4-8)11(13)14/h1-4H,5-6H2,(H2,10,12). The van der Waals surface area contributed by atoms with E-state index < -0.39 is 11.0 Å². The van der Waals surface area contributed by atoms with Crippen LogP contribution >= 0.6 is 0 Å². The summed E-state index contributed by atoms with van der Waals surface area (Å²) in [6, 6.07) is 5.57. The van der Waals surface area contributed by atoms with Crippen LogP contribution in [0.25, 0.3) is 0 Å². The smallest absolute Gasteiger partial charge is 0.404 e. The highest BCUT2D eigenvalue weighted by molar-refractivity contribution is 5.64. The zero-order valence-electron chi connectivity index (χ0n) is 8.29. The van der Waals surface area contributed by atoms with E-state index in [2.05, 4.69) is 4.74 Å². The molecule has 16 heavy (non-hydrogen) atoms. The highest BCUT2D eigenvalue weighted by Gasteiger charge is 2.04. The van der Waals surface area contributed by atoms with Crippen molar-refractivity contribution in [2.24, 2.45) is 5.73 Å². The van der Waals surface area contributed by atoms with Crippen molar-refractivity contribution in [3.63, 3.8) is 0 Å². The Hall–Kier alpha value is -2.31. The monoisotopic (exact) mass is 226 g/mol. The van der Waals surface area contributed by atoms with E-state index in [1.54, 1.807) is 0 Å². The van der Waals surface area contributed by atoms with Gasteiger partial charge in [0, 0.05) is 12.1 Å². The maximum absolute atomic E-state index is 10.3. The van der Waals surface area contributed by atoms with Crippen LogP contribution in [0.4, 0.5) is 10.5 Å². The average Bonchev–Trinajstić information content (AvgIpc) is 2.25. The average molecular weight is 226 g/mol. The first-order valence-corrected chi connectivity index (χ1v) is 4.39. The molecule has 7 nitrogen and oxygen atoms in total. The van der Waals surface area contributed by atoms with Crippen molar-refractivity contribution < 1.29 is 19.2 Å². The van der Waals surface area contributed by atoms with E-state index in [9.17, 15) is 14.9 Å². The minimum Gasteiger partial charge on any atom is -0.490 e. The van der Waals surface area contributed by atoms with Crippen molar-refractivity contribution in [1.82, 2.24) is 0 Å². The van der Waals surface area contributed by atoms with Crippen LogP contribution in [0.2, 0.25) is 0 Å². The number of benzene rings is 1. The lowest BCUT2D eigenvalue weighted by molar-refractivity contribution is -0.384. The SMILES string of the molecule is NC(=O)OCCOc1ccc([N+](=O)[O-])cc1. The van der Waals surface area contributed by atoms with Crippen LogP contribution in [0.5, 0.6) is 5.75 Å². The molecule has 0 radical (unpaired) electrons. The Kier molecular flexibility index (Phi) is 4.07. The van der Waals surface area contributed by atoms with Crippen LogP contribution in [0, 0.1) is 10.1 Å². The minimum atomic E-state index is -0.868. The third-order valence-electron chi connectivity index (χ3n) is 1.64. The van der Waals surface area contributed by atoms with Crippen molar-refractivity contribution in [2.45, 2.75) is 0 Å². The van der Waals surface area contributed by atoms with Gasteiger partial charge < -0.3 is 15.2 Å². The number of hydrogen-bond acceptors (Lipinski definition) is 5. The Balaban J connectivity index is 2.38. The Labute approximate surface area is 90.9 Å². The molecule has 0 spiro atoms. The first kappa shape index (κ1) is 11.8. The van der Waals surface area contributed by atoms with Gasteiger partial charge in [-0.05, 0) is 12.1 Å². The van der Waals surface area contributed by atoms with Crippen molar-refractivity contribution in [1.29, 1.82) is 0 Å². The highest BCUT2D eigenvalue weighted by atomic mass is 16.6. The molecule has 7 heteroatoms. The lowest BCUT2D eigenvalue weighted by Crippen LogP contribution is -2.17. The molecule has 0 bridgehead atoms. The summed E-state index contributed by atoms with van der Waals surface area (Å²) in [5.41, 5.74) is 4.72. The number of nitro groups is 1. The number of nitrogens with two attached hydrogens (primary N) is 1. The van der Waals surface area contributed by atoms with Crippen LogP contribution in [-0.2, 0) is 4.74 Å². The summed E-state index contributed by atoms with van der Waals surface area (Å²) in [6.07, 6.45) is -0.868. The Bertz CT molecular complexity index is 376. The first-order chi connectivity index (χ1) is 7.59. The zero-order chi connectivity index (χ0) is 12.0. The molecule has 0 heterocycles. The fourth-order valence-electron chi connectivity index (χ4n) is 0.966. The number of nitro benzene ring substituents is 1. The molecule has 2 N–H and O–H groups in total. The predicted molar refractivity (Wildman–Crippen MR) is 54.1 cm³/mol. The molecule has 0 aliphatic carbocycles. The second-order valence-corrected chi connectivity index (χ2v) is 2.77. The Morgan fingerprint density at radius 2 is 1.94 bits per heavy atom. The van der Waals surface area contributed by atoms with E-state index in [0.717, 1.165) is 0 Å². The summed E-state index contributed by atoms with van der Waals surface area (Å²) >= 11 is 0. The fourth-order valence-corrected chi connectivity index (χ4v) is 0.966. The minimum absolute atomic E-state index is 0.0132. The van der Waals surface area contributed by atoms with Crippen molar-refractivity contribution >= 4 is 11.8 Å². The summed E-state index contributed by atoms with van der Waals surface area (Å²) < 4.78 is 9.57. The summed E-state index contributed by atoms with van der Waals surface area (Å²) in [5, 5.41) is 10.3. The third-order valence-corrected chi connectivity index (χ3v) is 1.64. The van der Waals surface area contributed by atoms with E-state index >= 15 is 0 Å². The van der Waals surface area contributed by atoms with E-state index in [4.69, 9.17) is 10.5 Å². The molecule has 86 valence electrons. The van der Waals surface area contributed by atoms with Gasteiger partial charge in [-0.1, -0.05) is 0 Å². The van der Waals surface area contributed by atoms with Gasteiger partial charge in [-0.3, -0.25) is 10.1 Å². The van der Waals surface area contributed by atoms with E-state index in [-0.39, 0.29) is 18.9 Å². The predicted octanol–water partition coefficient (Wildman–Crippen LogP) is 1.07. The van der Waals surface area contributed by atoms with Gasteiger partial charge in [-0.15, -0.1) is 0 Å². The van der Waals surface area contributed by atoms with Gasteiger partial charge >= 0.3 is 6.09 Å². The number of carbonyl (C=O) groups is 1. The lowest BCUT2D eigenvalue weighted by atomic mass is 10.3. The molecule has 0 aliphatic heterocycles.